The molecule has 0 radical (unpaired) electrons. The van der Waals surface area contributed by atoms with E-state index in [9.17, 15) is 9.18 Å². The molecule has 0 aliphatic heterocycles. The van der Waals surface area contributed by atoms with E-state index in [4.69, 9.17) is 0 Å². The Kier molecular flexibility index (Phi) is 6.75. The van der Waals surface area contributed by atoms with Crippen LogP contribution in [0.15, 0.2) is 29.3 Å². The number of hydrogen-bond donors (Lipinski definition) is 3. The van der Waals surface area contributed by atoms with Crippen molar-refractivity contribution in [2.45, 2.75) is 45.6 Å². The number of hydrogen-bond acceptors (Lipinski definition) is 2. The first kappa shape index (κ1) is 19.9. The number of carbonyl (C=O) groups is 1. The largest absolute Gasteiger partial charge is 0.356 e. The molecule has 5 nitrogen and oxygen atoms in total. The highest BCUT2D eigenvalue weighted by atomic mass is 19.1. The van der Waals surface area contributed by atoms with Gasteiger partial charge in [-0.2, -0.15) is 0 Å². The van der Waals surface area contributed by atoms with Crippen molar-refractivity contribution in [3.05, 3.63) is 35.6 Å². The molecule has 0 aliphatic rings. The summed E-state index contributed by atoms with van der Waals surface area (Å²) in [6.07, 6.45) is 0. The maximum absolute atomic E-state index is 14.0. The van der Waals surface area contributed by atoms with Gasteiger partial charge in [-0.25, -0.2) is 4.39 Å². The quantitative estimate of drug-likeness (QED) is 0.570. The van der Waals surface area contributed by atoms with E-state index >= 15 is 0 Å². The second-order valence-corrected chi connectivity index (χ2v) is 7.44. The van der Waals surface area contributed by atoms with E-state index in [0.717, 1.165) is 0 Å². The van der Waals surface area contributed by atoms with Crippen molar-refractivity contribution in [2.24, 2.45) is 4.99 Å². The minimum atomic E-state index is -0.420. The minimum absolute atomic E-state index is 0.112. The first-order valence-corrected chi connectivity index (χ1v) is 8.06. The zero-order valence-corrected chi connectivity index (χ0v) is 15.5. The number of nitrogens with zero attached hydrogens (tertiary/aromatic N) is 1. The third-order valence-electron chi connectivity index (χ3n) is 3.46. The smallest absolute Gasteiger partial charge is 0.239 e. The maximum atomic E-state index is 14.0. The molecule has 1 rings (SSSR count). The molecule has 134 valence electrons. The van der Waals surface area contributed by atoms with Crippen molar-refractivity contribution >= 4 is 11.9 Å². The van der Waals surface area contributed by atoms with Gasteiger partial charge in [0.1, 0.15) is 5.82 Å². The molecule has 0 spiro atoms. The lowest BCUT2D eigenvalue weighted by Gasteiger charge is -2.27. The molecule has 0 bridgehead atoms. The van der Waals surface area contributed by atoms with Crippen LogP contribution in [-0.4, -0.2) is 37.5 Å². The highest BCUT2D eigenvalue weighted by Gasteiger charge is 2.24. The van der Waals surface area contributed by atoms with Crippen LogP contribution in [0.1, 0.15) is 40.2 Å². The molecule has 1 aromatic carbocycles. The van der Waals surface area contributed by atoms with Crippen molar-refractivity contribution in [3.8, 4) is 0 Å². The summed E-state index contributed by atoms with van der Waals surface area (Å²) in [6.45, 7) is 10.3. The Morgan fingerprint density at radius 2 is 1.75 bits per heavy atom. The van der Waals surface area contributed by atoms with E-state index in [1.807, 2.05) is 40.7 Å². The number of nitrogens with one attached hydrogen (secondary N) is 3. The fourth-order valence-corrected chi connectivity index (χ4v) is 2.26. The number of amides is 1. The van der Waals surface area contributed by atoms with Gasteiger partial charge in [0.15, 0.2) is 5.96 Å². The zero-order chi connectivity index (χ0) is 18.4. The van der Waals surface area contributed by atoms with Gasteiger partial charge in [-0.3, -0.25) is 9.79 Å². The van der Waals surface area contributed by atoms with E-state index in [2.05, 4.69) is 20.9 Å². The van der Waals surface area contributed by atoms with E-state index in [-0.39, 0.29) is 23.8 Å². The Morgan fingerprint density at radius 3 is 2.29 bits per heavy atom. The summed E-state index contributed by atoms with van der Waals surface area (Å²) in [5.74, 6) is 0.166. The Hall–Kier alpha value is -2.11. The van der Waals surface area contributed by atoms with Crippen molar-refractivity contribution in [1.29, 1.82) is 0 Å². The Morgan fingerprint density at radius 1 is 1.12 bits per heavy atom. The maximum Gasteiger partial charge on any atom is 0.239 e. The lowest BCUT2D eigenvalue weighted by molar-refractivity contribution is -0.121. The number of benzene rings is 1. The molecule has 0 aliphatic carbocycles. The first-order chi connectivity index (χ1) is 11.0. The van der Waals surface area contributed by atoms with Crippen molar-refractivity contribution in [3.63, 3.8) is 0 Å². The van der Waals surface area contributed by atoms with Crippen molar-refractivity contribution < 1.29 is 9.18 Å². The number of carbonyl (C=O) groups excluding carboxylic acids is 1. The molecule has 0 heterocycles. The van der Waals surface area contributed by atoms with E-state index in [1.54, 1.807) is 19.2 Å². The van der Waals surface area contributed by atoms with Crippen LogP contribution in [0, 0.1) is 5.82 Å². The average molecular weight is 336 g/mol. The molecular formula is C18H29FN4O. The molecule has 0 unspecified atom stereocenters. The van der Waals surface area contributed by atoms with E-state index < -0.39 is 5.41 Å². The van der Waals surface area contributed by atoms with Gasteiger partial charge in [0, 0.05) is 24.5 Å². The number of rotatable bonds is 5. The van der Waals surface area contributed by atoms with Gasteiger partial charge in [0.2, 0.25) is 5.91 Å². The summed E-state index contributed by atoms with van der Waals surface area (Å²) < 4.78 is 14.0. The zero-order valence-electron chi connectivity index (χ0n) is 15.5. The SMILES string of the molecule is CN=C(NCC(=O)NC(C)(C)C)NCC(C)(C)c1ccccc1F. The Bertz CT molecular complexity index is 591. The van der Waals surface area contributed by atoms with E-state index in [0.29, 0.717) is 18.1 Å². The fraction of sp³-hybridized carbons (Fsp3) is 0.556. The Balaban J connectivity index is 2.58. The summed E-state index contributed by atoms with van der Waals surface area (Å²) in [5, 5.41) is 8.98. The van der Waals surface area contributed by atoms with Gasteiger partial charge in [-0.1, -0.05) is 32.0 Å². The van der Waals surface area contributed by atoms with Gasteiger partial charge in [-0.15, -0.1) is 0 Å². The monoisotopic (exact) mass is 336 g/mol. The molecule has 0 saturated carbocycles. The predicted octanol–water partition coefficient (Wildman–Crippen LogP) is 2.18. The van der Waals surface area contributed by atoms with Crippen molar-refractivity contribution in [2.75, 3.05) is 20.1 Å². The molecule has 3 N–H and O–H groups in total. The normalized spacial score (nSPS) is 12.7. The molecule has 0 aromatic heterocycles. The molecule has 0 atom stereocenters. The molecular weight excluding hydrogens is 307 g/mol. The lowest BCUT2D eigenvalue weighted by atomic mass is 9.84. The van der Waals surface area contributed by atoms with Crippen LogP contribution in [-0.2, 0) is 10.2 Å². The lowest BCUT2D eigenvalue weighted by Crippen LogP contribution is -2.49. The third kappa shape index (κ3) is 6.56. The van der Waals surface area contributed by atoms with E-state index in [1.165, 1.54) is 6.07 Å². The summed E-state index contributed by atoms with van der Waals surface area (Å²) in [7, 11) is 1.63. The second-order valence-electron chi connectivity index (χ2n) is 7.44. The summed E-state index contributed by atoms with van der Waals surface area (Å²) in [6, 6.07) is 6.74. The van der Waals surface area contributed by atoms with Gasteiger partial charge < -0.3 is 16.0 Å². The Labute approximate surface area is 144 Å². The highest BCUT2D eigenvalue weighted by molar-refractivity contribution is 5.86. The average Bonchev–Trinajstić information content (AvgIpc) is 2.45. The fourth-order valence-electron chi connectivity index (χ4n) is 2.26. The van der Waals surface area contributed by atoms with Crippen molar-refractivity contribution in [1.82, 2.24) is 16.0 Å². The highest BCUT2D eigenvalue weighted by Crippen LogP contribution is 2.24. The summed E-state index contributed by atoms with van der Waals surface area (Å²) in [4.78, 5) is 15.9. The van der Waals surface area contributed by atoms with Crippen LogP contribution < -0.4 is 16.0 Å². The molecule has 1 amide bonds. The van der Waals surface area contributed by atoms with Gasteiger partial charge in [0.25, 0.3) is 0 Å². The van der Waals surface area contributed by atoms with Crippen LogP contribution in [0.3, 0.4) is 0 Å². The second kappa shape index (κ2) is 8.13. The number of guanidine groups is 1. The number of halogens is 1. The van der Waals surface area contributed by atoms with Crippen LogP contribution in [0.5, 0.6) is 0 Å². The van der Waals surface area contributed by atoms with Gasteiger partial charge in [0.05, 0.1) is 6.54 Å². The molecule has 0 saturated heterocycles. The van der Waals surface area contributed by atoms with Crippen LogP contribution in [0.25, 0.3) is 0 Å². The molecule has 0 fully saturated rings. The first-order valence-electron chi connectivity index (χ1n) is 8.06. The van der Waals surface area contributed by atoms with Crippen LogP contribution in [0.2, 0.25) is 0 Å². The third-order valence-corrected chi connectivity index (χ3v) is 3.46. The number of aliphatic imine (C=N–C) groups is 1. The minimum Gasteiger partial charge on any atom is -0.356 e. The standard InChI is InChI=1S/C18H29FN4O/c1-17(2,3)23-15(24)11-21-16(20-6)22-12-18(4,5)13-9-7-8-10-14(13)19/h7-10H,11-12H2,1-6H3,(H,23,24)(H2,20,21,22). The topological polar surface area (TPSA) is 65.5 Å². The molecule has 24 heavy (non-hydrogen) atoms. The van der Waals surface area contributed by atoms with Gasteiger partial charge in [-0.05, 0) is 32.4 Å². The molecule has 6 heteroatoms. The van der Waals surface area contributed by atoms with Crippen LogP contribution >= 0.6 is 0 Å². The summed E-state index contributed by atoms with van der Waals surface area (Å²) in [5.41, 5.74) is -0.0578. The molecule has 1 aromatic rings. The van der Waals surface area contributed by atoms with Crippen LogP contribution in [0.4, 0.5) is 4.39 Å². The van der Waals surface area contributed by atoms with Gasteiger partial charge >= 0.3 is 0 Å². The predicted molar refractivity (Wildman–Crippen MR) is 96.7 cm³/mol. The summed E-state index contributed by atoms with van der Waals surface area (Å²) >= 11 is 0.